The van der Waals surface area contributed by atoms with E-state index >= 15 is 0 Å². The lowest BCUT2D eigenvalue weighted by Crippen LogP contribution is -2.13. The SMILES string of the molecule is COc1ccc(Cl)cc1C(=O)Nc1ccc2c(C)cc(=O)oc2c1. The molecule has 0 saturated carbocycles. The second kappa shape index (κ2) is 6.37. The molecule has 0 aliphatic heterocycles. The maximum Gasteiger partial charge on any atom is 0.336 e. The van der Waals surface area contributed by atoms with Gasteiger partial charge in [-0.2, -0.15) is 0 Å². The number of fused-ring (bicyclic) bond motifs is 1. The van der Waals surface area contributed by atoms with Crippen molar-refractivity contribution in [3.63, 3.8) is 0 Å². The second-order valence-electron chi connectivity index (χ2n) is 5.26. The summed E-state index contributed by atoms with van der Waals surface area (Å²) in [5, 5.41) is 4.00. The van der Waals surface area contributed by atoms with Crippen LogP contribution >= 0.6 is 11.6 Å². The monoisotopic (exact) mass is 343 g/mol. The van der Waals surface area contributed by atoms with E-state index in [1.165, 1.54) is 19.2 Å². The third-order valence-corrected chi connectivity index (χ3v) is 3.85. The van der Waals surface area contributed by atoms with Crippen LogP contribution in [0.15, 0.2) is 51.7 Å². The fourth-order valence-corrected chi connectivity index (χ4v) is 2.63. The maximum atomic E-state index is 12.5. The number of carbonyl (C=O) groups is 1. The first-order valence-electron chi connectivity index (χ1n) is 7.17. The van der Waals surface area contributed by atoms with E-state index in [2.05, 4.69) is 5.32 Å². The van der Waals surface area contributed by atoms with Crippen LogP contribution in [0.5, 0.6) is 5.75 Å². The molecule has 0 aliphatic rings. The summed E-state index contributed by atoms with van der Waals surface area (Å²) >= 11 is 5.95. The summed E-state index contributed by atoms with van der Waals surface area (Å²) in [6.45, 7) is 1.83. The lowest BCUT2D eigenvalue weighted by molar-refractivity contribution is 0.102. The van der Waals surface area contributed by atoms with Crippen molar-refractivity contribution in [2.45, 2.75) is 6.92 Å². The Labute approximate surface area is 142 Å². The van der Waals surface area contributed by atoms with Crippen molar-refractivity contribution >= 4 is 34.2 Å². The van der Waals surface area contributed by atoms with Crippen molar-refractivity contribution < 1.29 is 13.9 Å². The smallest absolute Gasteiger partial charge is 0.336 e. The number of rotatable bonds is 3. The lowest BCUT2D eigenvalue weighted by Gasteiger charge is -2.10. The van der Waals surface area contributed by atoms with Crippen LogP contribution < -0.4 is 15.7 Å². The van der Waals surface area contributed by atoms with Crippen LogP contribution in [0.3, 0.4) is 0 Å². The number of nitrogens with one attached hydrogen (secondary N) is 1. The Morgan fingerprint density at radius 1 is 1.17 bits per heavy atom. The fourth-order valence-electron chi connectivity index (χ4n) is 2.46. The van der Waals surface area contributed by atoms with Gasteiger partial charge in [-0.15, -0.1) is 0 Å². The molecule has 0 radical (unpaired) electrons. The van der Waals surface area contributed by atoms with Crippen LogP contribution in [0.4, 0.5) is 5.69 Å². The van der Waals surface area contributed by atoms with Gasteiger partial charge < -0.3 is 14.5 Å². The molecule has 1 heterocycles. The Bertz CT molecular complexity index is 994. The average Bonchev–Trinajstić information content (AvgIpc) is 2.54. The van der Waals surface area contributed by atoms with Crippen molar-refractivity contribution in [2.75, 3.05) is 12.4 Å². The number of benzene rings is 2. The van der Waals surface area contributed by atoms with Gasteiger partial charge in [-0.3, -0.25) is 4.79 Å². The number of carbonyl (C=O) groups excluding carboxylic acids is 1. The van der Waals surface area contributed by atoms with Crippen LogP contribution in [0, 0.1) is 6.92 Å². The highest BCUT2D eigenvalue weighted by Crippen LogP contribution is 2.25. The van der Waals surface area contributed by atoms with Crippen LogP contribution in [0.25, 0.3) is 11.0 Å². The highest BCUT2D eigenvalue weighted by atomic mass is 35.5. The third kappa shape index (κ3) is 3.12. The average molecular weight is 344 g/mol. The van der Waals surface area contributed by atoms with Crippen molar-refractivity contribution in [2.24, 2.45) is 0 Å². The van der Waals surface area contributed by atoms with E-state index in [1.807, 2.05) is 6.92 Å². The number of methoxy groups -OCH3 is 1. The number of hydrogen-bond donors (Lipinski definition) is 1. The molecule has 1 N–H and O–H groups in total. The molecule has 1 aromatic heterocycles. The molecule has 2 aromatic carbocycles. The predicted molar refractivity (Wildman–Crippen MR) is 93.2 cm³/mol. The first-order chi connectivity index (χ1) is 11.5. The molecule has 0 fully saturated rings. The Morgan fingerprint density at radius 2 is 1.96 bits per heavy atom. The molecule has 0 atom stereocenters. The Balaban J connectivity index is 1.96. The van der Waals surface area contributed by atoms with Gasteiger partial charge in [0, 0.05) is 28.2 Å². The van der Waals surface area contributed by atoms with E-state index < -0.39 is 5.63 Å². The van der Waals surface area contributed by atoms with Gasteiger partial charge in [0.1, 0.15) is 11.3 Å². The molecule has 6 heteroatoms. The van der Waals surface area contributed by atoms with Gasteiger partial charge in [-0.05, 0) is 42.8 Å². The standard InChI is InChI=1S/C18H14ClNO4/c1-10-7-17(21)24-16-9-12(4-5-13(10)16)20-18(22)14-8-11(19)3-6-15(14)23-2/h3-9H,1-2H3,(H,20,22). The number of ether oxygens (including phenoxy) is 1. The summed E-state index contributed by atoms with van der Waals surface area (Å²) in [4.78, 5) is 24.0. The zero-order chi connectivity index (χ0) is 17.3. The van der Waals surface area contributed by atoms with Crippen LogP contribution in [0.1, 0.15) is 15.9 Å². The second-order valence-corrected chi connectivity index (χ2v) is 5.69. The molecule has 0 unspecified atom stereocenters. The molecular formula is C18H14ClNO4. The first kappa shape index (κ1) is 16.1. The van der Waals surface area contributed by atoms with Gasteiger partial charge in [0.05, 0.1) is 12.7 Å². The summed E-state index contributed by atoms with van der Waals surface area (Å²) < 4.78 is 10.4. The van der Waals surface area contributed by atoms with Gasteiger partial charge in [0.2, 0.25) is 0 Å². The molecule has 5 nitrogen and oxygen atoms in total. The van der Waals surface area contributed by atoms with E-state index in [4.69, 9.17) is 20.8 Å². The molecule has 24 heavy (non-hydrogen) atoms. The van der Waals surface area contributed by atoms with E-state index in [0.29, 0.717) is 27.6 Å². The Kier molecular flexibility index (Phi) is 4.27. The molecule has 0 aliphatic carbocycles. The molecule has 1 amide bonds. The Morgan fingerprint density at radius 3 is 2.71 bits per heavy atom. The minimum Gasteiger partial charge on any atom is -0.496 e. The van der Waals surface area contributed by atoms with E-state index in [-0.39, 0.29) is 5.91 Å². The number of amides is 1. The van der Waals surface area contributed by atoms with E-state index in [1.54, 1.807) is 30.3 Å². The van der Waals surface area contributed by atoms with Gasteiger partial charge >= 0.3 is 5.63 Å². The summed E-state index contributed by atoms with van der Waals surface area (Å²) in [6.07, 6.45) is 0. The fraction of sp³-hybridized carbons (Fsp3) is 0.111. The lowest BCUT2D eigenvalue weighted by atomic mass is 10.1. The first-order valence-corrected chi connectivity index (χ1v) is 7.55. The molecule has 0 bridgehead atoms. The topological polar surface area (TPSA) is 68.5 Å². The quantitative estimate of drug-likeness (QED) is 0.729. The number of aryl methyl sites for hydroxylation is 1. The van der Waals surface area contributed by atoms with Gasteiger partial charge in [-0.1, -0.05) is 11.6 Å². The summed E-state index contributed by atoms with van der Waals surface area (Å²) in [5.41, 5.74) is 1.62. The highest BCUT2D eigenvalue weighted by molar-refractivity contribution is 6.31. The van der Waals surface area contributed by atoms with Crippen molar-refractivity contribution in [3.8, 4) is 5.75 Å². The molecular weight excluding hydrogens is 330 g/mol. The summed E-state index contributed by atoms with van der Waals surface area (Å²) in [6, 6.07) is 11.4. The number of halogens is 1. The number of anilines is 1. The summed E-state index contributed by atoms with van der Waals surface area (Å²) in [5.74, 6) is 0.0452. The minimum atomic E-state index is -0.431. The van der Waals surface area contributed by atoms with E-state index in [9.17, 15) is 9.59 Å². The minimum absolute atomic E-state index is 0.316. The van der Waals surface area contributed by atoms with Gasteiger partial charge in [0.25, 0.3) is 5.91 Å². The van der Waals surface area contributed by atoms with Gasteiger partial charge in [0.15, 0.2) is 0 Å². The molecule has 122 valence electrons. The zero-order valence-electron chi connectivity index (χ0n) is 13.1. The third-order valence-electron chi connectivity index (χ3n) is 3.62. The molecule has 0 saturated heterocycles. The van der Waals surface area contributed by atoms with Gasteiger partial charge in [-0.25, -0.2) is 4.79 Å². The molecule has 0 spiro atoms. The van der Waals surface area contributed by atoms with Crippen LogP contribution in [-0.4, -0.2) is 13.0 Å². The van der Waals surface area contributed by atoms with Crippen LogP contribution in [0.2, 0.25) is 5.02 Å². The Hall–Kier alpha value is -2.79. The largest absolute Gasteiger partial charge is 0.496 e. The predicted octanol–water partition coefficient (Wildman–Crippen LogP) is 4.02. The van der Waals surface area contributed by atoms with Crippen LogP contribution in [-0.2, 0) is 0 Å². The highest BCUT2D eigenvalue weighted by Gasteiger charge is 2.14. The number of hydrogen-bond acceptors (Lipinski definition) is 4. The summed E-state index contributed by atoms with van der Waals surface area (Å²) in [7, 11) is 1.48. The van der Waals surface area contributed by atoms with E-state index in [0.717, 1.165) is 10.9 Å². The zero-order valence-corrected chi connectivity index (χ0v) is 13.8. The molecule has 3 rings (SSSR count). The molecule has 3 aromatic rings. The van der Waals surface area contributed by atoms with Crippen molar-refractivity contribution in [1.82, 2.24) is 0 Å². The normalized spacial score (nSPS) is 10.6. The van der Waals surface area contributed by atoms with Crippen molar-refractivity contribution in [3.05, 3.63) is 69.0 Å². The maximum absolute atomic E-state index is 12.5. The van der Waals surface area contributed by atoms with Crippen molar-refractivity contribution in [1.29, 1.82) is 0 Å².